The number of nitrogens with zero attached hydrogens (tertiary/aromatic N) is 4. The molecule has 0 atom stereocenters. The van der Waals surface area contributed by atoms with Gasteiger partial charge in [-0.1, -0.05) is 12.1 Å². The number of aromatic nitrogens is 2. The van der Waals surface area contributed by atoms with Gasteiger partial charge in [-0.05, 0) is 54.4 Å². The topological polar surface area (TPSA) is 66.4 Å². The molecule has 0 unspecified atom stereocenters. The Morgan fingerprint density at radius 1 is 1.00 bits per heavy atom. The van der Waals surface area contributed by atoms with Crippen molar-refractivity contribution in [3.05, 3.63) is 60.2 Å². The maximum atomic E-state index is 12.6. The Labute approximate surface area is 172 Å². The molecule has 4 heterocycles. The smallest absolute Gasteiger partial charge is 0.222 e. The summed E-state index contributed by atoms with van der Waals surface area (Å²) >= 11 is 0. The number of amides is 2. The van der Waals surface area contributed by atoms with Crippen LogP contribution in [0.4, 0.5) is 0 Å². The van der Waals surface area contributed by atoms with Crippen molar-refractivity contribution in [1.82, 2.24) is 19.8 Å². The lowest BCUT2D eigenvalue weighted by Crippen LogP contribution is -2.52. The van der Waals surface area contributed by atoms with Crippen molar-refractivity contribution < 1.29 is 9.59 Å². The number of hydrogen-bond acceptors (Lipinski definition) is 4. The van der Waals surface area contributed by atoms with Crippen LogP contribution in [-0.2, 0) is 22.6 Å². The van der Waals surface area contributed by atoms with Gasteiger partial charge in [-0.25, -0.2) is 0 Å². The molecule has 0 aliphatic carbocycles. The summed E-state index contributed by atoms with van der Waals surface area (Å²) in [6, 6.07) is 7.85. The van der Waals surface area contributed by atoms with Crippen molar-refractivity contribution >= 4 is 11.8 Å². The van der Waals surface area contributed by atoms with Gasteiger partial charge in [0.2, 0.25) is 11.8 Å². The minimum atomic E-state index is 0.149. The zero-order valence-corrected chi connectivity index (χ0v) is 16.8. The quantitative estimate of drug-likeness (QED) is 0.785. The molecule has 0 saturated carbocycles. The van der Waals surface area contributed by atoms with Gasteiger partial charge in [0.1, 0.15) is 0 Å². The fraction of sp³-hybridized carbons (Fsp3) is 0.478. The van der Waals surface area contributed by atoms with E-state index in [0.717, 1.165) is 56.4 Å². The van der Waals surface area contributed by atoms with E-state index in [0.29, 0.717) is 19.4 Å². The number of aryl methyl sites for hydroxylation is 1. The highest BCUT2D eigenvalue weighted by molar-refractivity contribution is 5.78. The van der Waals surface area contributed by atoms with Crippen LogP contribution in [0.25, 0.3) is 0 Å². The average Bonchev–Trinajstić information content (AvgIpc) is 2.77. The minimum Gasteiger partial charge on any atom is -0.343 e. The zero-order valence-electron chi connectivity index (χ0n) is 16.8. The summed E-state index contributed by atoms with van der Waals surface area (Å²) < 4.78 is 0. The van der Waals surface area contributed by atoms with Gasteiger partial charge in [0.05, 0.1) is 0 Å². The standard InChI is InChI=1S/C23H28N4O2/c28-21(6-5-19-3-1-11-24-15-19)26-13-9-23(10-14-26)8-7-22(29)27(18-23)17-20-4-2-12-25-16-20/h1-4,11-12,15-16H,5-10,13-14,17-18H2. The molecule has 2 aromatic rings. The molecule has 0 N–H and O–H groups in total. The van der Waals surface area contributed by atoms with Crippen LogP contribution in [0.1, 0.15) is 43.2 Å². The van der Waals surface area contributed by atoms with Gasteiger partial charge < -0.3 is 9.80 Å². The summed E-state index contributed by atoms with van der Waals surface area (Å²) in [4.78, 5) is 37.4. The molecular formula is C23H28N4O2. The van der Waals surface area contributed by atoms with Crippen LogP contribution in [0.5, 0.6) is 0 Å². The molecule has 2 aliphatic rings. The second-order valence-electron chi connectivity index (χ2n) is 8.35. The first-order chi connectivity index (χ1) is 14.1. The van der Waals surface area contributed by atoms with Crippen molar-refractivity contribution in [2.45, 2.75) is 45.1 Å². The Balaban J connectivity index is 1.30. The number of pyridine rings is 2. The van der Waals surface area contributed by atoms with E-state index in [1.54, 1.807) is 12.4 Å². The molecule has 0 bridgehead atoms. The number of piperidine rings is 2. The average molecular weight is 393 g/mol. The fourth-order valence-electron chi connectivity index (χ4n) is 4.55. The van der Waals surface area contributed by atoms with Gasteiger partial charge >= 0.3 is 0 Å². The molecule has 6 heteroatoms. The molecule has 4 rings (SSSR count). The summed E-state index contributed by atoms with van der Waals surface area (Å²) in [6.07, 6.45) is 11.9. The third-order valence-electron chi connectivity index (χ3n) is 6.37. The molecule has 2 saturated heterocycles. The second-order valence-corrected chi connectivity index (χ2v) is 8.35. The van der Waals surface area contributed by atoms with Crippen LogP contribution >= 0.6 is 0 Å². The van der Waals surface area contributed by atoms with Gasteiger partial charge in [-0.15, -0.1) is 0 Å². The first-order valence-corrected chi connectivity index (χ1v) is 10.5. The Morgan fingerprint density at radius 3 is 2.34 bits per heavy atom. The van der Waals surface area contributed by atoms with E-state index in [2.05, 4.69) is 9.97 Å². The summed E-state index contributed by atoms with van der Waals surface area (Å²) in [5.41, 5.74) is 2.32. The number of carbonyl (C=O) groups excluding carboxylic acids is 2. The van der Waals surface area contributed by atoms with E-state index in [9.17, 15) is 9.59 Å². The van der Waals surface area contributed by atoms with Crippen LogP contribution < -0.4 is 0 Å². The molecular weight excluding hydrogens is 364 g/mol. The Hall–Kier alpha value is -2.76. The molecule has 2 fully saturated rings. The van der Waals surface area contributed by atoms with Crippen molar-refractivity contribution in [2.75, 3.05) is 19.6 Å². The highest BCUT2D eigenvalue weighted by atomic mass is 16.2. The predicted molar refractivity (Wildman–Crippen MR) is 110 cm³/mol. The minimum absolute atomic E-state index is 0.149. The predicted octanol–water partition coefficient (Wildman–Crippen LogP) is 2.84. The number of carbonyl (C=O) groups is 2. The number of rotatable bonds is 5. The Morgan fingerprint density at radius 2 is 1.69 bits per heavy atom. The molecule has 1 spiro atoms. The summed E-state index contributed by atoms with van der Waals surface area (Å²) in [5.74, 6) is 0.456. The van der Waals surface area contributed by atoms with Gasteiger partial charge in [0, 0.05) is 63.8 Å². The summed E-state index contributed by atoms with van der Waals surface area (Å²) in [5, 5.41) is 0. The second kappa shape index (κ2) is 8.72. The number of likely N-dealkylation sites (tertiary alicyclic amines) is 2. The third-order valence-corrected chi connectivity index (χ3v) is 6.37. The van der Waals surface area contributed by atoms with Gasteiger partial charge in [-0.3, -0.25) is 19.6 Å². The summed E-state index contributed by atoms with van der Waals surface area (Å²) in [7, 11) is 0. The van der Waals surface area contributed by atoms with E-state index in [-0.39, 0.29) is 17.2 Å². The van der Waals surface area contributed by atoms with Gasteiger partial charge in [0.25, 0.3) is 0 Å². The molecule has 2 aliphatic heterocycles. The van der Waals surface area contributed by atoms with Crippen LogP contribution in [0.2, 0.25) is 0 Å². The van der Waals surface area contributed by atoms with Crippen molar-refractivity contribution in [3.8, 4) is 0 Å². The van der Waals surface area contributed by atoms with Gasteiger partial charge in [0.15, 0.2) is 0 Å². The largest absolute Gasteiger partial charge is 0.343 e. The molecule has 0 radical (unpaired) electrons. The highest BCUT2D eigenvalue weighted by Crippen LogP contribution is 2.40. The van der Waals surface area contributed by atoms with Crippen molar-refractivity contribution in [2.24, 2.45) is 5.41 Å². The van der Waals surface area contributed by atoms with Crippen LogP contribution in [0, 0.1) is 5.41 Å². The third kappa shape index (κ3) is 4.81. The highest BCUT2D eigenvalue weighted by Gasteiger charge is 2.41. The molecule has 2 aromatic heterocycles. The van der Waals surface area contributed by atoms with E-state index < -0.39 is 0 Å². The lowest BCUT2D eigenvalue weighted by Gasteiger charge is -2.47. The molecule has 0 aromatic carbocycles. The maximum absolute atomic E-state index is 12.6. The monoisotopic (exact) mass is 392 g/mol. The van der Waals surface area contributed by atoms with E-state index >= 15 is 0 Å². The van der Waals surface area contributed by atoms with E-state index in [1.807, 2.05) is 46.5 Å². The first kappa shape index (κ1) is 19.6. The first-order valence-electron chi connectivity index (χ1n) is 10.5. The summed E-state index contributed by atoms with van der Waals surface area (Å²) in [6.45, 7) is 3.00. The lowest BCUT2D eigenvalue weighted by molar-refractivity contribution is -0.143. The van der Waals surface area contributed by atoms with Gasteiger partial charge in [-0.2, -0.15) is 0 Å². The zero-order chi connectivity index (χ0) is 20.1. The number of hydrogen-bond donors (Lipinski definition) is 0. The molecule has 152 valence electrons. The SMILES string of the molecule is O=C(CCc1cccnc1)N1CCC2(CCC(=O)N(Cc3cccnc3)C2)CC1. The van der Waals surface area contributed by atoms with Crippen LogP contribution in [0.3, 0.4) is 0 Å². The fourth-order valence-corrected chi connectivity index (χ4v) is 4.55. The van der Waals surface area contributed by atoms with E-state index in [4.69, 9.17) is 0 Å². The van der Waals surface area contributed by atoms with Crippen molar-refractivity contribution in [3.63, 3.8) is 0 Å². The van der Waals surface area contributed by atoms with Crippen molar-refractivity contribution in [1.29, 1.82) is 0 Å². The van der Waals surface area contributed by atoms with Crippen LogP contribution in [0.15, 0.2) is 49.1 Å². The molecule has 6 nitrogen and oxygen atoms in total. The lowest BCUT2D eigenvalue weighted by atomic mass is 9.72. The Kier molecular flexibility index (Phi) is 5.88. The van der Waals surface area contributed by atoms with E-state index in [1.165, 1.54) is 0 Å². The maximum Gasteiger partial charge on any atom is 0.222 e. The van der Waals surface area contributed by atoms with Crippen LogP contribution in [-0.4, -0.2) is 51.2 Å². The Bertz CT molecular complexity index is 832. The normalized spacial score (nSPS) is 18.8. The molecule has 29 heavy (non-hydrogen) atoms. The molecule has 2 amide bonds.